The molecule has 0 saturated carbocycles. The van der Waals surface area contributed by atoms with Gasteiger partial charge in [-0.1, -0.05) is 23.7 Å². The highest BCUT2D eigenvalue weighted by Crippen LogP contribution is 2.39. The fourth-order valence-electron chi connectivity index (χ4n) is 4.41. The number of hydrogen-bond donors (Lipinski definition) is 3. The second kappa shape index (κ2) is 21.7. The zero-order valence-corrected chi connectivity index (χ0v) is 26.6. The van der Waals surface area contributed by atoms with Crippen molar-refractivity contribution in [3.8, 4) is 5.75 Å². The van der Waals surface area contributed by atoms with E-state index in [1.165, 1.54) is 28.6 Å². The molecule has 3 N–H and O–H groups in total. The van der Waals surface area contributed by atoms with Gasteiger partial charge in [-0.3, -0.25) is 0 Å². The molecule has 1 heterocycles. The number of aryl methyl sites for hydroxylation is 2. The maximum atomic E-state index is 11.4. The highest BCUT2D eigenvalue weighted by atomic mass is 35.5. The summed E-state index contributed by atoms with van der Waals surface area (Å²) in [6.07, 6.45) is 8.30. The number of methoxy groups -OCH3 is 1. The predicted molar refractivity (Wildman–Crippen MR) is 173 cm³/mol. The lowest BCUT2D eigenvalue weighted by Crippen LogP contribution is -2.22. The lowest BCUT2D eigenvalue weighted by Gasteiger charge is -2.27. The second-order valence-electron chi connectivity index (χ2n) is 9.74. The third-order valence-corrected chi connectivity index (χ3v) is 6.66. The molecule has 1 aliphatic rings. The molecule has 0 spiro atoms. The van der Waals surface area contributed by atoms with E-state index < -0.39 is 11.9 Å². The monoisotopic (exact) mass is 646 g/mol. The smallest absolute Gasteiger partial charge is 0.330 e. The molecule has 0 bridgehead atoms. The number of esters is 1. The second-order valence-corrected chi connectivity index (χ2v) is 10.2. The fraction of sp³-hybridized carbons (Fsp3) is 0.424. The molecule has 0 unspecified atom stereocenters. The lowest BCUT2D eigenvalue weighted by molar-refractivity contribution is -0.137. The number of anilines is 2. The number of aliphatic carboxylic acids is 2. The summed E-state index contributed by atoms with van der Waals surface area (Å²) in [6, 6.07) is 12.5. The predicted octanol–water partition coefficient (Wildman–Crippen LogP) is 4.82. The summed E-state index contributed by atoms with van der Waals surface area (Å²) in [5.41, 5.74) is 4.95. The van der Waals surface area contributed by atoms with Crippen molar-refractivity contribution in [2.45, 2.75) is 32.6 Å². The fourth-order valence-corrected chi connectivity index (χ4v) is 4.58. The quantitative estimate of drug-likeness (QED) is 0.116. The Morgan fingerprint density at radius 2 is 1.64 bits per heavy atom. The maximum absolute atomic E-state index is 11.4. The first kappa shape index (κ1) is 37.3. The van der Waals surface area contributed by atoms with Gasteiger partial charge in [0.1, 0.15) is 12.4 Å². The number of halogens is 1. The molecule has 2 aromatic rings. The molecule has 2 aromatic carbocycles. The van der Waals surface area contributed by atoms with Crippen LogP contribution in [0.5, 0.6) is 5.75 Å². The topological polar surface area (TPSA) is 144 Å². The van der Waals surface area contributed by atoms with Gasteiger partial charge in [0.05, 0.1) is 26.4 Å². The molecule has 0 aromatic heterocycles. The zero-order chi connectivity index (χ0) is 32.9. The Bertz CT molecular complexity index is 1270. The Hall–Kier alpha value is -3.90. The molecule has 0 fully saturated rings. The van der Waals surface area contributed by atoms with Crippen molar-refractivity contribution in [2.75, 3.05) is 64.7 Å². The van der Waals surface area contributed by atoms with E-state index in [1.54, 1.807) is 20.1 Å². The largest absolute Gasteiger partial charge is 0.491 e. The molecule has 0 saturated heterocycles. The minimum absolute atomic E-state index is 0.301. The molecular formula is C33H43ClN2O9. The van der Waals surface area contributed by atoms with Crippen molar-refractivity contribution in [3.05, 3.63) is 76.9 Å². The van der Waals surface area contributed by atoms with Crippen LogP contribution in [0, 0.1) is 0 Å². The molecule has 0 amide bonds. The van der Waals surface area contributed by atoms with Gasteiger partial charge in [0.15, 0.2) is 0 Å². The van der Waals surface area contributed by atoms with E-state index in [2.05, 4.69) is 34.5 Å². The number of carbonyl (C=O) groups is 3. The summed E-state index contributed by atoms with van der Waals surface area (Å²) in [6.45, 7) is 6.78. The van der Waals surface area contributed by atoms with Crippen LogP contribution in [0.3, 0.4) is 0 Å². The summed E-state index contributed by atoms with van der Waals surface area (Å²) in [5.74, 6) is -1.96. The van der Waals surface area contributed by atoms with Gasteiger partial charge >= 0.3 is 17.9 Å². The van der Waals surface area contributed by atoms with Crippen LogP contribution >= 0.6 is 11.6 Å². The van der Waals surface area contributed by atoms with Crippen LogP contribution in [0.15, 0.2) is 60.7 Å². The Morgan fingerprint density at radius 3 is 2.36 bits per heavy atom. The van der Waals surface area contributed by atoms with Crippen molar-refractivity contribution in [1.82, 2.24) is 5.32 Å². The standard InChI is InChI=1S/C29H39ClN2O5.C4H4O4/c1-3-36-29(33)7-6-15-31-14-4-5-16-32-27-13-12-26(37-20-19-35-18-17-34-2)21-24(27)9-8-23-10-11-25(30)22-28(23)32;5-3(6)1-2-4(7)8/h6-7,10-13,21-22,31H,3-5,8-9,14-20H2,1-2H3;1-2H,(H,5,6)(H,7,8)/b7-6+;2-1-. The molecule has 246 valence electrons. The zero-order valence-electron chi connectivity index (χ0n) is 25.8. The highest BCUT2D eigenvalue weighted by Gasteiger charge is 2.21. The molecule has 3 rings (SSSR count). The number of unbranched alkanes of at least 4 members (excludes halogenated alkanes) is 1. The third-order valence-electron chi connectivity index (χ3n) is 6.43. The van der Waals surface area contributed by atoms with Gasteiger partial charge in [-0.15, -0.1) is 0 Å². The minimum atomic E-state index is -1.26. The van der Waals surface area contributed by atoms with Gasteiger partial charge < -0.3 is 39.4 Å². The summed E-state index contributed by atoms with van der Waals surface area (Å²) in [5, 5.41) is 19.7. The van der Waals surface area contributed by atoms with Crippen LogP contribution in [0.4, 0.5) is 11.4 Å². The van der Waals surface area contributed by atoms with E-state index in [0.717, 1.165) is 49.5 Å². The van der Waals surface area contributed by atoms with Crippen molar-refractivity contribution in [2.24, 2.45) is 0 Å². The van der Waals surface area contributed by atoms with E-state index in [9.17, 15) is 14.4 Å². The summed E-state index contributed by atoms with van der Waals surface area (Å²) in [4.78, 5) is 32.9. The van der Waals surface area contributed by atoms with E-state index in [-0.39, 0.29) is 5.97 Å². The molecule has 0 aliphatic carbocycles. The van der Waals surface area contributed by atoms with Crippen molar-refractivity contribution >= 4 is 40.9 Å². The molecule has 0 atom stereocenters. The van der Waals surface area contributed by atoms with Crippen LogP contribution in [0.2, 0.25) is 5.02 Å². The number of hydrogen-bond acceptors (Lipinski definition) is 9. The van der Waals surface area contributed by atoms with Crippen LogP contribution in [0.1, 0.15) is 30.9 Å². The number of carbonyl (C=O) groups excluding carboxylic acids is 1. The van der Waals surface area contributed by atoms with Crippen LogP contribution in [-0.4, -0.2) is 87.9 Å². The first-order chi connectivity index (χ1) is 21.7. The first-order valence-corrected chi connectivity index (χ1v) is 15.2. The number of carboxylic acid groups (broad SMARTS) is 2. The van der Waals surface area contributed by atoms with Gasteiger partial charge in [0.25, 0.3) is 0 Å². The van der Waals surface area contributed by atoms with Crippen LogP contribution < -0.4 is 15.0 Å². The Balaban J connectivity index is 0.000000777. The first-order valence-electron chi connectivity index (χ1n) is 14.8. The maximum Gasteiger partial charge on any atom is 0.330 e. The number of nitrogens with zero attached hydrogens (tertiary/aromatic N) is 1. The number of rotatable bonds is 18. The number of fused-ring (bicyclic) bond motifs is 2. The number of nitrogens with one attached hydrogen (secondary N) is 1. The van der Waals surface area contributed by atoms with Gasteiger partial charge in [0, 0.05) is 54.8 Å². The summed E-state index contributed by atoms with van der Waals surface area (Å²) >= 11 is 6.41. The van der Waals surface area contributed by atoms with Crippen molar-refractivity contribution in [3.63, 3.8) is 0 Å². The third kappa shape index (κ3) is 15.1. The minimum Gasteiger partial charge on any atom is -0.491 e. The normalized spacial score (nSPS) is 12.2. The summed E-state index contributed by atoms with van der Waals surface area (Å²) in [7, 11) is 1.66. The number of ether oxygens (including phenoxy) is 4. The molecule has 0 radical (unpaired) electrons. The molecule has 45 heavy (non-hydrogen) atoms. The van der Waals surface area contributed by atoms with E-state index in [4.69, 9.17) is 40.8 Å². The van der Waals surface area contributed by atoms with Gasteiger partial charge in [-0.25, -0.2) is 14.4 Å². The molecular weight excluding hydrogens is 604 g/mol. The van der Waals surface area contributed by atoms with Crippen molar-refractivity contribution in [1.29, 1.82) is 0 Å². The van der Waals surface area contributed by atoms with E-state index in [1.807, 2.05) is 12.1 Å². The number of benzene rings is 2. The molecule has 12 heteroatoms. The van der Waals surface area contributed by atoms with Crippen molar-refractivity contribution < 1.29 is 43.5 Å². The van der Waals surface area contributed by atoms with Gasteiger partial charge in [-0.05, 0) is 80.6 Å². The van der Waals surface area contributed by atoms with Gasteiger partial charge in [-0.2, -0.15) is 0 Å². The Labute approximate surface area is 269 Å². The molecule has 1 aliphatic heterocycles. The van der Waals surface area contributed by atoms with E-state index >= 15 is 0 Å². The molecule has 11 nitrogen and oxygen atoms in total. The van der Waals surface area contributed by atoms with Crippen LogP contribution in [0.25, 0.3) is 0 Å². The average molecular weight is 647 g/mol. The van der Waals surface area contributed by atoms with Crippen LogP contribution in [-0.2, 0) is 41.4 Å². The average Bonchev–Trinajstić information content (AvgIpc) is 3.15. The van der Waals surface area contributed by atoms with Gasteiger partial charge in [0.2, 0.25) is 0 Å². The SMILES string of the molecule is CCOC(=O)/C=C/CNCCCCN1c2ccc(OCCOCCOC)cc2CCc2ccc(Cl)cc21.O=C(O)/C=C\C(=O)O. The highest BCUT2D eigenvalue weighted by molar-refractivity contribution is 6.30. The summed E-state index contributed by atoms with van der Waals surface area (Å²) < 4.78 is 21.3. The lowest BCUT2D eigenvalue weighted by atomic mass is 10.0. The van der Waals surface area contributed by atoms with E-state index in [0.29, 0.717) is 51.7 Å². The Morgan fingerprint density at radius 1 is 0.911 bits per heavy atom. The Kier molecular flexibility index (Phi) is 18.0. The number of carboxylic acids is 2.